The molecule has 0 bridgehead atoms. The van der Waals surface area contributed by atoms with Gasteiger partial charge in [-0.15, -0.1) is 0 Å². The van der Waals surface area contributed by atoms with E-state index in [9.17, 15) is 29.4 Å². The predicted molar refractivity (Wildman–Crippen MR) is 185 cm³/mol. The van der Waals surface area contributed by atoms with E-state index in [1.807, 2.05) is 0 Å². The lowest BCUT2D eigenvalue weighted by Gasteiger charge is -2.21. The number of rotatable bonds is 11. The van der Waals surface area contributed by atoms with Crippen LogP contribution < -0.4 is 30.7 Å². The summed E-state index contributed by atoms with van der Waals surface area (Å²) < 4.78 is 10.9. The first kappa shape index (κ1) is 35.4. The summed E-state index contributed by atoms with van der Waals surface area (Å²) in [5, 5.41) is 29.7. The molecule has 0 saturated carbocycles. The third-order valence-corrected chi connectivity index (χ3v) is 7.39. The molecule has 0 saturated heterocycles. The van der Waals surface area contributed by atoms with Crippen LogP contribution in [-0.4, -0.2) is 45.4 Å². The van der Waals surface area contributed by atoms with Gasteiger partial charge >= 0.3 is 24.0 Å². The number of urea groups is 2. The highest BCUT2D eigenvalue weighted by Crippen LogP contribution is 2.33. The maximum Gasteiger partial charge on any atom is 0.347 e. The highest BCUT2D eigenvalue weighted by atomic mass is 35.5. The molecule has 0 aliphatic carbocycles. The lowest BCUT2D eigenvalue weighted by atomic mass is 10.0. The number of carbonyl (C=O) groups excluding carboxylic acids is 2. The summed E-state index contributed by atoms with van der Waals surface area (Å²) >= 11 is 12.9. The molecule has 4 rings (SSSR count). The van der Waals surface area contributed by atoms with Crippen molar-refractivity contribution in [2.24, 2.45) is 0 Å². The van der Waals surface area contributed by atoms with Crippen molar-refractivity contribution < 1.29 is 38.9 Å². The fourth-order valence-electron chi connectivity index (χ4n) is 4.05. The average Bonchev–Trinajstić information content (AvgIpc) is 3.00. The lowest BCUT2D eigenvalue weighted by Crippen LogP contribution is -2.37. The first-order valence-corrected chi connectivity index (χ1v) is 15.1. The number of aliphatic carboxylic acids is 2. The topological polar surface area (TPSA) is 175 Å². The van der Waals surface area contributed by atoms with Gasteiger partial charge in [-0.05, 0) is 112 Å². The second kappa shape index (κ2) is 14.5. The molecule has 0 aliphatic heterocycles. The smallest absolute Gasteiger partial charge is 0.347 e. The maximum absolute atomic E-state index is 12.6. The Labute approximate surface area is 286 Å². The Hall–Kier alpha value is -5.46. The van der Waals surface area contributed by atoms with Gasteiger partial charge in [-0.1, -0.05) is 35.3 Å². The van der Waals surface area contributed by atoms with E-state index in [2.05, 4.69) is 21.3 Å². The molecule has 48 heavy (non-hydrogen) atoms. The molecule has 0 aromatic heterocycles. The largest absolute Gasteiger partial charge is 0.478 e. The molecule has 0 fully saturated rings. The van der Waals surface area contributed by atoms with Crippen LogP contribution in [0.4, 0.5) is 32.3 Å². The second-order valence-corrected chi connectivity index (χ2v) is 12.2. The van der Waals surface area contributed by atoms with E-state index < -0.39 is 35.2 Å². The van der Waals surface area contributed by atoms with E-state index in [0.717, 1.165) is 0 Å². The van der Waals surface area contributed by atoms with Crippen LogP contribution in [0, 0.1) is 0 Å². The van der Waals surface area contributed by atoms with Crippen LogP contribution in [0.1, 0.15) is 27.7 Å². The van der Waals surface area contributed by atoms with Crippen molar-refractivity contribution in [3.05, 3.63) is 95.0 Å². The maximum atomic E-state index is 12.6. The van der Waals surface area contributed by atoms with E-state index in [0.29, 0.717) is 45.4 Å². The minimum absolute atomic E-state index is 0.267. The van der Waals surface area contributed by atoms with Gasteiger partial charge < -0.3 is 41.0 Å². The summed E-state index contributed by atoms with van der Waals surface area (Å²) in [6, 6.07) is 21.4. The first-order valence-electron chi connectivity index (χ1n) is 14.3. The number of carboxylic acids is 2. The molecule has 0 heterocycles. The van der Waals surface area contributed by atoms with Gasteiger partial charge in [-0.3, -0.25) is 0 Å². The van der Waals surface area contributed by atoms with Crippen molar-refractivity contribution in [1.82, 2.24) is 0 Å². The van der Waals surface area contributed by atoms with Crippen LogP contribution in [0.5, 0.6) is 11.5 Å². The molecule has 0 radical (unpaired) electrons. The van der Waals surface area contributed by atoms with Crippen molar-refractivity contribution in [1.29, 1.82) is 0 Å². The SMILES string of the molecule is CC(C)(Oc1ccc(NC(=O)Nc2ccc(-c3ccc(NC(=O)Nc4ccc(OC(C)(C)C(=O)O)cc4)c(Cl)c3)cc2Cl)cc1)C(=O)O. The fraction of sp³-hybridized carbons (Fsp3) is 0.176. The Balaban J connectivity index is 1.33. The van der Waals surface area contributed by atoms with Crippen molar-refractivity contribution in [2.75, 3.05) is 21.3 Å². The zero-order valence-corrected chi connectivity index (χ0v) is 27.7. The van der Waals surface area contributed by atoms with Crippen LogP contribution in [0.15, 0.2) is 84.9 Å². The standard InChI is InChI=1S/C34H32Cl2N4O8/c1-33(2,29(41)42)47-23-11-7-21(8-12-23)37-31(45)39-27-15-5-19(17-25(27)35)20-6-16-28(26(36)18-20)40-32(46)38-22-9-13-24(14-10-22)48-34(3,4)30(43)44/h5-18H,1-4H3,(H,41,42)(H,43,44)(H2,37,39,45)(H2,38,40,46). The van der Waals surface area contributed by atoms with Crippen LogP contribution in [0.25, 0.3) is 11.1 Å². The van der Waals surface area contributed by atoms with Gasteiger partial charge in [0.25, 0.3) is 0 Å². The minimum Gasteiger partial charge on any atom is -0.478 e. The zero-order chi connectivity index (χ0) is 35.2. The number of hydrogen-bond acceptors (Lipinski definition) is 6. The molecule has 0 unspecified atom stereocenters. The van der Waals surface area contributed by atoms with Gasteiger partial charge in [0.1, 0.15) is 11.5 Å². The van der Waals surface area contributed by atoms with Crippen molar-refractivity contribution in [3.63, 3.8) is 0 Å². The number of hydrogen-bond donors (Lipinski definition) is 6. The van der Waals surface area contributed by atoms with Crippen molar-refractivity contribution in [3.8, 4) is 22.6 Å². The molecule has 0 atom stereocenters. The molecule has 6 N–H and O–H groups in total. The van der Waals surface area contributed by atoms with Crippen molar-refractivity contribution in [2.45, 2.75) is 38.9 Å². The second-order valence-electron chi connectivity index (χ2n) is 11.4. The third-order valence-electron chi connectivity index (χ3n) is 6.77. The predicted octanol–water partition coefficient (Wildman–Crippen LogP) is 8.43. The summed E-state index contributed by atoms with van der Waals surface area (Å²) in [6.07, 6.45) is 0. The number of amides is 4. The Morgan fingerprint density at radius 1 is 0.542 bits per heavy atom. The first-order chi connectivity index (χ1) is 22.5. The zero-order valence-electron chi connectivity index (χ0n) is 26.2. The summed E-state index contributed by atoms with van der Waals surface area (Å²) in [4.78, 5) is 47.7. The highest BCUT2D eigenvalue weighted by molar-refractivity contribution is 6.35. The molecule has 250 valence electrons. The van der Waals surface area contributed by atoms with Crippen LogP contribution in [0.3, 0.4) is 0 Å². The van der Waals surface area contributed by atoms with Gasteiger partial charge in [0, 0.05) is 11.4 Å². The number of benzene rings is 4. The monoisotopic (exact) mass is 694 g/mol. The van der Waals surface area contributed by atoms with Gasteiger partial charge in [-0.25, -0.2) is 19.2 Å². The summed E-state index contributed by atoms with van der Waals surface area (Å²) in [6.45, 7) is 5.73. The number of halogens is 2. The van der Waals surface area contributed by atoms with Crippen molar-refractivity contribution >= 4 is 70.0 Å². The molecular weight excluding hydrogens is 663 g/mol. The number of anilines is 4. The van der Waals surface area contributed by atoms with Crippen LogP contribution >= 0.6 is 23.2 Å². The highest BCUT2D eigenvalue weighted by Gasteiger charge is 2.30. The summed E-state index contributed by atoms with van der Waals surface area (Å²) in [5.74, 6) is -1.56. The van der Waals surface area contributed by atoms with Gasteiger partial charge in [0.05, 0.1) is 21.4 Å². The number of carboxylic acid groups (broad SMARTS) is 2. The Kier molecular flexibility index (Phi) is 10.7. The average molecular weight is 696 g/mol. The number of carbonyl (C=O) groups is 4. The molecule has 12 nitrogen and oxygen atoms in total. The summed E-state index contributed by atoms with van der Waals surface area (Å²) in [7, 11) is 0. The van der Waals surface area contributed by atoms with E-state index >= 15 is 0 Å². The Morgan fingerprint density at radius 3 is 1.17 bits per heavy atom. The molecular formula is C34H32Cl2N4O8. The van der Waals surface area contributed by atoms with Gasteiger partial charge in [0.2, 0.25) is 0 Å². The molecule has 14 heteroatoms. The molecule has 4 aromatic carbocycles. The van der Waals surface area contributed by atoms with Crippen LogP contribution in [0.2, 0.25) is 10.0 Å². The Bertz CT molecular complexity index is 1710. The van der Waals surface area contributed by atoms with Gasteiger partial charge in [0.15, 0.2) is 11.2 Å². The molecule has 4 amide bonds. The van der Waals surface area contributed by atoms with E-state index in [-0.39, 0.29) is 10.0 Å². The number of ether oxygens (including phenoxy) is 2. The van der Waals surface area contributed by atoms with Gasteiger partial charge in [-0.2, -0.15) is 0 Å². The lowest BCUT2D eigenvalue weighted by molar-refractivity contribution is -0.152. The minimum atomic E-state index is -1.41. The quantitative estimate of drug-likeness (QED) is 0.0906. The fourth-order valence-corrected chi connectivity index (χ4v) is 4.51. The molecule has 0 aliphatic rings. The number of nitrogens with one attached hydrogen (secondary N) is 4. The Morgan fingerprint density at radius 2 is 0.875 bits per heavy atom. The van der Waals surface area contributed by atoms with Crippen LogP contribution in [-0.2, 0) is 9.59 Å². The summed E-state index contributed by atoms with van der Waals surface area (Å²) in [5.41, 5.74) is 0.194. The molecule has 0 spiro atoms. The molecule has 4 aromatic rings. The normalized spacial score (nSPS) is 11.2. The van der Waals surface area contributed by atoms with E-state index in [1.54, 1.807) is 84.9 Å². The van der Waals surface area contributed by atoms with E-state index in [1.165, 1.54) is 27.7 Å². The third kappa shape index (κ3) is 9.30. The van der Waals surface area contributed by atoms with E-state index in [4.69, 9.17) is 32.7 Å².